The molecule has 238 valence electrons. The second-order valence-corrected chi connectivity index (χ2v) is 9.53. The number of H-pyrrole nitrogens is 1. The van der Waals surface area contributed by atoms with Gasteiger partial charge in [-0.1, -0.05) is 18.5 Å². The van der Waals surface area contributed by atoms with Crippen LogP contribution in [0.4, 0.5) is 49.6 Å². The van der Waals surface area contributed by atoms with Gasteiger partial charge < -0.3 is 36.9 Å². The standard InChI is InChI=1S/C20H22ClN9.2C2HF3O2/c1-3-13-16(21)15-18(27-13)28-20(29-19(15)30-7-10(22)8-30)26-11-4-5-12-14(6-11)24-9(2)25-17(12)23;2*3-2(4,5)1(6)7/h4-6,10H,3,7-8,22H2,1-2H3,(H2,23,24,25)(H2,26,27,28,29);2*(H,6,7). The maximum absolute atomic E-state index is 10.6. The second-order valence-electron chi connectivity index (χ2n) is 9.15. The number of carboxylic acids is 2. The van der Waals surface area contributed by atoms with Crippen LogP contribution >= 0.6 is 11.6 Å². The molecule has 0 unspecified atom stereocenters. The van der Waals surface area contributed by atoms with Gasteiger partial charge in [-0.05, 0) is 31.5 Å². The van der Waals surface area contributed by atoms with Gasteiger partial charge in [0.25, 0.3) is 0 Å². The van der Waals surface area contributed by atoms with Gasteiger partial charge in [-0.15, -0.1) is 0 Å². The summed E-state index contributed by atoms with van der Waals surface area (Å²) < 4.78 is 63.5. The normalized spacial score (nSPS) is 13.5. The maximum atomic E-state index is 10.6. The van der Waals surface area contributed by atoms with Crippen molar-refractivity contribution in [2.24, 2.45) is 5.73 Å². The molecule has 13 nitrogen and oxygen atoms in total. The third kappa shape index (κ3) is 8.04. The van der Waals surface area contributed by atoms with Gasteiger partial charge in [0.05, 0.1) is 15.9 Å². The van der Waals surface area contributed by atoms with Crippen molar-refractivity contribution in [3.05, 3.63) is 34.7 Å². The van der Waals surface area contributed by atoms with Gasteiger partial charge in [0.1, 0.15) is 23.1 Å². The lowest BCUT2D eigenvalue weighted by molar-refractivity contribution is -0.193. The van der Waals surface area contributed by atoms with Crippen LogP contribution < -0.4 is 21.7 Å². The van der Waals surface area contributed by atoms with E-state index in [1.54, 1.807) is 0 Å². The SMILES string of the molecule is CCc1[nH]c2nc(Nc3ccc4c(N)nc(C)nc4c3)nc(N3CC(N)C3)c2c1Cl.O=C(O)C(F)(F)F.O=C(O)C(F)(F)F. The molecule has 1 aliphatic rings. The first-order valence-corrected chi connectivity index (χ1v) is 12.7. The van der Waals surface area contributed by atoms with Crippen LogP contribution in [-0.4, -0.2) is 78.6 Å². The van der Waals surface area contributed by atoms with Crippen LogP contribution in [0, 0.1) is 6.92 Å². The number of nitrogens with one attached hydrogen (secondary N) is 2. The number of aromatic nitrogens is 5. The molecule has 44 heavy (non-hydrogen) atoms. The largest absolute Gasteiger partial charge is 0.490 e. The molecule has 0 atom stereocenters. The van der Waals surface area contributed by atoms with Gasteiger partial charge in [0, 0.05) is 35.9 Å². The molecule has 0 spiro atoms. The van der Waals surface area contributed by atoms with Gasteiger partial charge in [0.15, 0.2) is 0 Å². The zero-order chi connectivity index (χ0) is 33.1. The zero-order valence-corrected chi connectivity index (χ0v) is 23.4. The Kier molecular flexibility index (Phi) is 9.94. The molecule has 1 saturated heterocycles. The van der Waals surface area contributed by atoms with Gasteiger partial charge in [-0.3, -0.25) is 0 Å². The van der Waals surface area contributed by atoms with E-state index in [-0.39, 0.29) is 6.04 Å². The first kappa shape index (κ1) is 33.8. The summed E-state index contributed by atoms with van der Waals surface area (Å²) in [6, 6.07) is 5.85. The summed E-state index contributed by atoms with van der Waals surface area (Å²) in [4.78, 5) is 41.3. The summed E-state index contributed by atoms with van der Waals surface area (Å²) in [5, 5.41) is 19.8. The lowest BCUT2D eigenvalue weighted by Gasteiger charge is -2.38. The molecule has 4 heterocycles. The molecule has 3 aromatic heterocycles. The third-order valence-electron chi connectivity index (χ3n) is 5.79. The minimum atomic E-state index is -5.08. The van der Waals surface area contributed by atoms with E-state index in [9.17, 15) is 26.3 Å². The van der Waals surface area contributed by atoms with Crippen LogP contribution in [0.5, 0.6) is 0 Å². The monoisotopic (exact) mass is 651 g/mol. The minimum Gasteiger partial charge on any atom is -0.475 e. The predicted octanol–water partition coefficient (Wildman–Crippen LogP) is 4.17. The number of fused-ring (bicyclic) bond motifs is 2. The molecular weight excluding hydrogens is 628 g/mol. The highest BCUT2D eigenvalue weighted by Gasteiger charge is 2.39. The number of anilines is 4. The van der Waals surface area contributed by atoms with E-state index in [2.05, 4.69) is 30.2 Å². The molecule has 1 fully saturated rings. The Balaban J connectivity index is 0.000000317. The van der Waals surface area contributed by atoms with E-state index in [1.807, 2.05) is 32.0 Å². The Bertz CT molecular complexity index is 1670. The number of nitrogen functional groups attached to an aromatic ring is 1. The number of nitrogens with two attached hydrogens (primary N) is 2. The minimum absolute atomic E-state index is 0.142. The van der Waals surface area contributed by atoms with Crippen molar-refractivity contribution in [3.8, 4) is 0 Å². The number of hydrogen-bond donors (Lipinski definition) is 6. The first-order chi connectivity index (χ1) is 20.3. The molecular formula is C24H24ClF6N9O4. The lowest BCUT2D eigenvalue weighted by atomic mass is 10.1. The average Bonchev–Trinajstić information content (AvgIpc) is 3.21. The number of hydrogen-bond acceptors (Lipinski definition) is 10. The summed E-state index contributed by atoms with van der Waals surface area (Å²) in [6.07, 6.45) is -9.39. The number of alkyl halides is 6. The second kappa shape index (κ2) is 12.9. The number of rotatable bonds is 4. The van der Waals surface area contributed by atoms with Gasteiger partial charge in [-0.25, -0.2) is 19.6 Å². The number of aliphatic carboxylic acids is 2. The van der Waals surface area contributed by atoms with Crippen molar-refractivity contribution < 1.29 is 46.1 Å². The van der Waals surface area contributed by atoms with E-state index in [4.69, 9.17) is 47.9 Å². The number of nitrogens with zero attached hydrogens (tertiary/aromatic N) is 5. The van der Waals surface area contributed by atoms with E-state index in [0.29, 0.717) is 28.3 Å². The Morgan fingerprint density at radius 1 is 1.07 bits per heavy atom. The first-order valence-electron chi connectivity index (χ1n) is 12.3. The fraction of sp³-hybridized carbons (Fsp3) is 0.333. The average molecular weight is 652 g/mol. The van der Waals surface area contributed by atoms with Crippen LogP contribution in [-0.2, 0) is 16.0 Å². The molecule has 0 amide bonds. The molecule has 20 heteroatoms. The predicted molar refractivity (Wildman–Crippen MR) is 148 cm³/mol. The molecule has 5 rings (SSSR count). The quantitative estimate of drug-likeness (QED) is 0.172. The number of aryl methyl sites for hydroxylation is 2. The van der Waals surface area contributed by atoms with Gasteiger partial charge in [-0.2, -0.15) is 36.3 Å². The van der Waals surface area contributed by atoms with E-state index < -0.39 is 24.3 Å². The molecule has 0 radical (unpaired) electrons. The number of aromatic amines is 1. The highest BCUT2D eigenvalue weighted by Crippen LogP contribution is 2.36. The molecule has 1 aromatic carbocycles. The smallest absolute Gasteiger partial charge is 0.475 e. The van der Waals surface area contributed by atoms with Crippen LogP contribution in [0.1, 0.15) is 18.4 Å². The summed E-state index contributed by atoms with van der Waals surface area (Å²) in [6.45, 7) is 5.34. The van der Waals surface area contributed by atoms with E-state index in [1.165, 1.54) is 0 Å². The summed E-state index contributed by atoms with van der Waals surface area (Å²) in [7, 11) is 0. The highest BCUT2D eigenvalue weighted by molar-refractivity contribution is 6.37. The van der Waals surface area contributed by atoms with Crippen molar-refractivity contribution in [2.45, 2.75) is 38.7 Å². The van der Waals surface area contributed by atoms with Crippen LogP contribution in [0.2, 0.25) is 5.02 Å². The van der Waals surface area contributed by atoms with E-state index in [0.717, 1.165) is 53.0 Å². The van der Waals surface area contributed by atoms with Crippen LogP contribution in [0.25, 0.3) is 21.9 Å². The van der Waals surface area contributed by atoms with Crippen molar-refractivity contribution >= 4 is 68.7 Å². The topological polar surface area (TPSA) is 209 Å². The highest BCUT2D eigenvalue weighted by atomic mass is 35.5. The number of carbonyl (C=O) groups is 2. The number of halogens is 7. The van der Waals surface area contributed by atoms with Gasteiger partial charge >= 0.3 is 24.3 Å². The summed E-state index contributed by atoms with van der Waals surface area (Å²) in [5.74, 6) is -3.17. The maximum Gasteiger partial charge on any atom is 0.490 e. The molecule has 0 bridgehead atoms. The molecule has 1 aliphatic heterocycles. The Labute approximate surface area is 248 Å². The van der Waals surface area contributed by atoms with Crippen LogP contribution in [0.3, 0.4) is 0 Å². The van der Waals surface area contributed by atoms with Crippen molar-refractivity contribution in [3.63, 3.8) is 0 Å². The lowest BCUT2D eigenvalue weighted by Crippen LogP contribution is -2.56. The molecule has 0 saturated carbocycles. The van der Waals surface area contributed by atoms with Crippen LogP contribution in [0.15, 0.2) is 18.2 Å². The third-order valence-corrected chi connectivity index (χ3v) is 6.20. The fourth-order valence-corrected chi connectivity index (χ4v) is 4.14. The zero-order valence-electron chi connectivity index (χ0n) is 22.7. The van der Waals surface area contributed by atoms with E-state index >= 15 is 0 Å². The Morgan fingerprint density at radius 3 is 2.14 bits per heavy atom. The van der Waals surface area contributed by atoms with Gasteiger partial charge in [0.2, 0.25) is 5.95 Å². The molecule has 4 aromatic rings. The number of benzene rings is 1. The van der Waals surface area contributed by atoms with Crippen molar-refractivity contribution in [1.82, 2.24) is 24.9 Å². The Morgan fingerprint density at radius 2 is 1.64 bits per heavy atom. The Hall–Kier alpha value is -4.65. The summed E-state index contributed by atoms with van der Waals surface area (Å²) in [5.41, 5.74) is 15.2. The van der Waals surface area contributed by atoms with Crippen molar-refractivity contribution in [2.75, 3.05) is 29.0 Å². The molecule has 8 N–H and O–H groups in total. The van der Waals surface area contributed by atoms with Crippen molar-refractivity contribution in [1.29, 1.82) is 0 Å². The fourth-order valence-electron chi connectivity index (χ4n) is 3.79. The molecule has 0 aliphatic carbocycles. The number of carboxylic acid groups (broad SMARTS) is 2. The summed E-state index contributed by atoms with van der Waals surface area (Å²) >= 11 is 6.62.